The van der Waals surface area contributed by atoms with Gasteiger partial charge in [-0.2, -0.15) is 0 Å². The molecule has 0 saturated carbocycles. The second-order valence-electron chi connectivity index (χ2n) is 5.89. The fourth-order valence-corrected chi connectivity index (χ4v) is 4.61. The van der Waals surface area contributed by atoms with Gasteiger partial charge in [0.15, 0.2) is 0 Å². The average molecular weight is 310 g/mol. The van der Waals surface area contributed by atoms with Crippen molar-refractivity contribution >= 4 is 21.6 Å². The molecule has 0 unspecified atom stereocenters. The summed E-state index contributed by atoms with van der Waals surface area (Å²) < 4.78 is 22.6. The Morgan fingerprint density at radius 2 is 1.76 bits per heavy atom. The lowest BCUT2D eigenvalue weighted by Gasteiger charge is -2.45. The van der Waals surface area contributed by atoms with Crippen LogP contribution in [0.2, 0.25) is 0 Å². The van der Waals surface area contributed by atoms with Gasteiger partial charge < -0.3 is 5.32 Å². The van der Waals surface area contributed by atoms with E-state index >= 15 is 0 Å². The first kappa shape index (κ1) is 15.9. The summed E-state index contributed by atoms with van der Waals surface area (Å²) in [5.41, 5.74) is 0.236. The fraction of sp³-hybridized carbons (Fsp3) is 0.400. The summed E-state index contributed by atoms with van der Waals surface area (Å²) in [5, 5.41) is 2.99. The van der Waals surface area contributed by atoms with Gasteiger partial charge in [0, 0.05) is 12.1 Å². The molecule has 0 atom stereocenters. The highest BCUT2D eigenvalue weighted by Gasteiger charge is 2.49. The van der Waals surface area contributed by atoms with Crippen molar-refractivity contribution in [3.05, 3.63) is 41.6 Å². The van der Waals surface area contributed by atoms with Crippen LogP contribution in [-0.4, -0.2) is 31.4 Å². The molecule has 1 amide bonds. The summed E-state index contributed by atoms with van der Waals surface area (Å²) >= 11 is 0. The molecule has 3 N–H and O–H groups in total. The SMILES string of the molecule is CCNC1=C(c2ccccc2)S(O)(O)N(C(C)(C)C)C1=O. The molecule has 116 valence electrons. The third-order valence-electron chi connectivity index (χ3n) is 3.15. The maximum atomic E-state index is 12.6. The second-order valence-corrected chi connectivity index (χ2v) is 7.70. The Morgan fingerprint density at radius 3 is 2.24 bits per heavy atom. The molecule has 6 heteroatoms. The van der Waals surface area contributed by atoms with Crippen LogP contribution >= 0.6 is 10.8 Å². The van der Waals surface area contributed by atoms with Gasteiger partial charge in [-0.25, -0.2) is 4.31 Å². The highest BCUT2D eigenvalue weighted by Crippen LogP contribution is 2.63. The normalized spacial score (nSPS) is 19.9. The molecule has 0 radical (unpaired) electrons. The zero-order valence-electron chi connectivity index (χ0n) is 12.8. The number of likely N-dealkylation sites (N-methyl/N-ethyl adjacent to an activating group) is 1. The van der Waals surface area contributed by atoms with Gasteiger partial charge in [0.05, 0.1) is 5.54 Å². The minimum absolute atomic E-state index is 0.277. The maximum absolute atomic E-state index is 12.6. The van der Waals surface area contributed by atoms with Gasteiger partial charge in [0.2, 0.25) is 0 Å². The molecule has 1 heterocycles. The number of hydrogen-bond donors (Lipinski definition) is 3. The predicted molar refractivity (Wildman–Crippen MR) is 86.5 cm³/mol. The summed E-state index contributed by atoms with van der Waals surface area (Å²) in [4.78, 5) is 12.9. The number of benzene rings is 1. The Balaban J connectivity index is 2.64. The lowest BCUT2D eigenvalue weighted by molar-refractivity contribution is -0.125. The van der Waals surface area contributed by atoms with Crippen LogP contribution in [0.1, 0.15) is 33.3 Å². The topological polar surface area (TPSA) is 72.8 Å². The van der Waals surface area contributed by atoms with Crippen molar-refractivity contribution in [3.8, 4) is 0 Å². The van der Waals surface area contributed by atoms with E-state index in [2.05, 4.69) is 5.32 Å². The van der Waals surface area contributed by atoms with Crippen molar-refractivity contribution in [2.24, 2.45) is 0 Å². The smallest absolute Gasteiger partial charge is 0.290 e. The van der Waals surface area contributed by atoms with E-state index in [4.69, 9.17) is 0 Å². The molecule has 1 aliphatic heterocycles. The summed E-state index contributed by atoms with van der Waals surface area (Å²) in [6, 6.07) is 9.03. The number of amides is 1. The zero-order chi connectivity index (χ0) is 15.8. The fourth-order valence-electron chi connectivity index (χ4n) is 2.45. The number of nitrogens with one attached hydrogen (secondary N) is 1. The van der Waals surface area contributed by atoms with Gasteiger partial charge in [-0.3, -0.25) is 13.9 Å². The van der Waals surface area contributed by atoms with Crippen molar-refractivity contribution in [2.45, 2.75) is 33.2 Å². The Kier molecular flexibility index (Phi) is 4.06. The van der Waals surface area contributed by atoms with E-state index in [1.165, 1.54) is 4.31 Å². The van der Waals surface area contributed by atoms with E-state index in [0.29, 0.717) is 12.1 Å². The molecular formula is C15H22N2O3S. The molecule has 1 aliphatic rings. The molecule has 21 heavy (non-hydrogen) atoms. The van der Waals surface area contributed by atoms with Gasteiger partial charge in [0.25, 0.3) is 5.91 Å². The quantitative estimate of drug-likeness (QED) is 0.801. The average Bonchev–Trinajstić information content (AvgIpc) is 2.57. The third-order valence-corrected chi connectivity index (χ3v) is 5.36. The van der Waals surface area contributed by atoms with Crippen LogP contribution in [0.15, 0.2) is 36.0 Å². The van der Waals surface area contributed by atoms with E-state index in [1.54, 1.807) is 32.9 Å². The Labute approximate surface area is 127 Å². The van der Waals surface area contributed by atoms with Crippen LogP contribution in [0.4, 0.5) is 0 Å². The largest absolute Gasteiger partial charge is 0.379 e. The molecule has 1 aromatic rings. The van der Waals surface area contributed by atoms with Crippen LogP contribution in [0.5, 0.6) is 0 Å². The van der Waals surface area contributed by atoms with Crippen molar-refractivity contribution in [1.29, 1.82) is 0 Å². The van der Waals surface area contributed by atoms with E-state index in [-0.39, 0.29) is 16.5 Å². The molecule has 5 nitrogen and oxygen atoms in total. The number of nitrogens with zero attached hydrogens (tertiary/aromatic N) is 1. The van der Waals surface area contributed by atoms with E-state index in [1.807, 2.05) is 25.1 Å². The highest BCUT2D eigenvalue weighted by molar-refractivity contribution is 8.31. The first-order valence-electron chi connectivity index (χ1n) is 6.87. The summed E-state index contributed by atoms with van der Waals surface area (Å²) in [5.74, 6) is -0.372. The highest BCUT2D eigenvalue weighted by atomic mass is 32.3. The van der Waals surface area contributed by atoms with Crippen molar-refractivity contribution in [1.82, 2.24) is 9.62 Å². The lowest BCUT2D eigenvalue weighted by atomic mass is 10.1. The van der Waals surface area contributed by atoms with Gasteiger partial charge in [-0.1, -0.05) is 41.1 Å². The van der Waals surface area contributed by atoms with Crippen molar-refractivity contribution in [3.63, 3.8) is 0 Å². The van der Waals surface area contributed by atoms with Crippen molar-refractivity contribution < 1.29 is 13.9 Å². The number of hydrogen-bond acceptors (Lipinski definition) is 4. The predicted octanol–water partition coefficient (Wildman–Crippen LogP) is 3.27. The number of carbonyl (C=O) groups is 1. The standard InChI is InChI=1S/C15H22N2O3S/c1-5-16-12-13(11-9-7-6-8-10-11)21(19,20)17(14(12)18)15(2,3)4/h6-10,16,19-20H,5H2,1-4H3. The van der Waals surface area contributed by atoms with Crippen LogP contribution < -0.4 is 5.32 Å². The lowest BCUT2D eigenvalue weighted by Crippen LogP contribution is -2.45. The summed E-state index contributed by atoms with van der Waals surface area (Å²) in [7, 11) is -3.36. The monoisotopic (exact) mass is 310 g/mol. The van der Waals surface area contributed by atoms with E-state index in [0.717, 1.165) is 0 Å². The third kappa shape index (κ3) is 2.66. The molecule has 0 bridgehead atoms. The zero-order valence-corrected chi connectivity index (χ0v) is 13.6. The minimum Gasteiger partial charge on any atom is -0.379 e. The summed E-state index contributed by atoms with van der Waals surface area (Å²) in [6.45, 7) is 7.77. The molecule has 0 aromatic heterocycles. The van der Waals surface area contributed by atoms with Gasteiger partial charge in [-0.15, -0.1) is 0 Å². The molecule has 0 fully saturated rings. The van der Waals surface area contributed by atoms with Crippen LogP contribution in [-0.2, 0) is 4.79 Å². The second kappa shape index (κ2) is 5.36. The number of rotatable bonds is 3. The molecule has 0 saturated heterocycles. The van der Waals surface area contributed by atoms with Crippen LogP contribution in [0.25, 0.3) is 4.91 Å². The van der Waals surface area contributed by atoms with Gasteiger partial charge >= 0.3 is 0 Å². The Morgan fingerprint density at radius 1 is 1.19 bits per heavy atom. The van der Waals surface area contributed by atoms with Crippen molar-refractivity contribution in [2.75, 3.05) is 6.54 Å². The van der Waals surface area contributed by atoms with Crippen LogP contribution in [0.3, 0.4) is 0 Å². The first-order valence-corrected chi connectivity index (χ1v) is 8.38. The Hall–Kier alpha value is -1.50. The molecule has 1 aromatic carbocycles. The van der Waals surface area contributed by atoms with Crippen LogP contribution in [0, 0.1) is 0 Å². The molecule has 0 aliphatic carbocycles. The van der Waals surface area contributed by atoms with E-state index < -0.39 is 16.3 Å². The Bertz CT molecular complexity index is 576. The van der Waals surface area contributed by atoms with E-state index in [9.17, 15) is 13.9 Å². The maximum Gasteiger partial charge on any atom is 0.290 e. The van der Waals surface area contributed by atoms with Gasteiger partial charge in [-0.05, 0) is 27.7 Å². The minimum atomic E-state index is -3.36. The van der Waals surface area contributed by atoms with Gasteiger partial charge in [0.1, 0.15) is 10.6 Å². The first-order chi connectivity index (χ1) is 9.71. The molecule has 2 rings (SSSR count). The molecule has 0 spiro atoms. The molecular weight excluding hydrogens is 288 g/mol. The number of carbonyl (C=O) groups excluding carboxylic acids is 1. The summed E-state index contributed by atoms with van der Waals surface area (Å²) in [6.07, 6.45) is 0.